The highest BCUT2D eigenvalue weighted by Gasteiger charge is 2.24. The predicted octanol–water partition coefficient (Wildman–Crippen LogP) is 4.19. The van der Waals surface area contributed by atoms with Gasteiger partial charge in [-0.15, -0.1) is 11.3 Å². The molecule has 4 rings (SSSR count). The quantitative estimate of drug-likeness (QED) is 0.661. The van der Waals surface area contributed by atoms with Gasteiger partial charge in [0, 0.05) is 16.9 Å². The maximum Gasteiger partial charge on any atom is 0.414 e. The Morgan fingerprint density at radius 3 is 2.54 bits per heavy atom. The Balaban J connectivity index is 1.58. The minimum Gasteiger partial charge on any atom is -0.447 e. The lowest BCUT2D eigenvalue weighted by atomic mass is 10.0. The van der Waals surface area contributed by atoms with Crippen LogP contribution in [0.15, 0.2) is 66.0 Å². The van der Waals surface area contributed by atoms with E-state index < -0.39 is 6.09 Å². The van der Waals surface area contributed by atoms with Gasteiger partial charge < -0.3 is 10.1 Å². The summed E-state index contributed by atoms with van der Waals surface area (Å²) < 4.78 is 4.95. The zero-order chi connectivity index (χ0) is 19.5. The summed E-state index contributed by atoms with van der Waals surface area (Å²) in [5.41, 5.74) is 1.82. The van der Waals surface area contributed by atoms with Gasteiger partial charge in [0.15, 0.2) is 0 Å². The summed E-state index contributed by atoms with van der Waals surface area (Å²) in [7, 11) is 0. The molecule has 2 aromatic carbocycles. The molecule has 0 spiro atoms. The van der Waals surface area contributed by atoms with Crippen molar-refractivity contribution in [3.8, 4) is 0 Å². The number of nitrogens with zero attached hydrogens (tertiary/aromatic N) is 1. The molecule has 1 aliphatic rings. The van der Waals surface area contributed by atoms with E-state index in [1.165, 1.54) is 16.2 Å². The molecule has 140 valence electrons. The van der Waals surface area contributed by atoms with E-state index in [4.69, 9.17) is 4.74 Å². The van der Waals surface area contributed by atoms with Gasteiger partial charge in [0.05, 0.1) is 17.0 Å². The average molecular weight is 392 g/mol. The van der Waals surface area contributed by atoms with Crippen LogP contribution in [0, 0.1) is 0 Å². The fourth-order valence-electron chi connectivity index (χ4n) is 3.00. The van der Waals surface area contributed by atoms with Crippen LogP contribution < -0.4 is 10.2 Å². The summed E-state index contributed by atoms with van der Waals surface area (Å²) in [4.78, 5) is 39.4. The lowest BCUT2D eigenvalue weighted by Gasteiger charge is -2.14. The summed E-state index contributed by atoms with van der Waals surface area (Å²) >= 11 is 1.34. The number of hydrogen-bond donors (Lipinski definition) is 1. The Bertz CT molecular complexity index is 1050. The third-order valence-corrected chi connectivity index (χ3v) is 5.21. The monoisotopic (exact) mass is 392 g/mol. The number of nitrogens with one attached hydrogen (secondary N) is 1. The number of carbonyl (C=O) groups excluding carboxylic acids is 3. The molecule has 1 N–H and O–H groups in total. The number of amides is 2. The molecule has 1 saturated heterocycles. The van der Waals surface area contributed by atoms with Crippen molar-refractivity contribution in [3.63, 3.8) is 0 Å². The highest BCUT2D eigenvalue weighted by Crippen LogP contribution is 2.24. The molecule has 1 fully saturated rings. The predicted molar refractivity (Wildman–Crippen MR) is 107 cm³/mol. The first-order valence-electron chi connectivity index (χ1n) is 8.66. The van der Waals surface area contributed by atoms with Gasteiger partial charge in [-0.3, -0.25) is 14.5 Å². The largest absolute Gasteiger partial charge is 0.447 e. The molecule has 0 saturated carbocycles. The molecule has 6 nitrogen and oxygen atoms in total. The first-order chi connectivity index (χ1) is 13.6. The molecule has 2 amide bonds. The summed E-state index contributed by atoms with van der Waals surface area (Å²) in [6, 6.07) is 17.2. The minimum absolute atomic E-state index is 0.186. The lowest BCUT2D eigenvalue weighted by Crippen LogP contribution is -2.23. The number of rotatable bonds is 5. The van der Waals surface area contributed by atoms with Crippen LogP contribution in [0.2, 0.25) is 0 Å². The topological polar surface area (TPSA) is 75.7 Å². The average Bonchev–Trinajstić information content (AvgIpc) is 3.39. The molecule has 1 aromatic heterocycles. The number of hydrogen-bond acceptors (Lipinski definition) is 5. The van der Waals surface area contributed by atoms with E-state index >= 15 is 0 Å². The Morgan fingerprint density at radius 2 is 1.82 bits per heavy atom. The number of cyclic esters (lactones) is 1. The van der Waals surface area contributed by atoms with Gasteiger partial charge in [-0.1, -0.05) is 30.3 Å². The van der Waals surface area contributed by atoms with Crippen molar-refractivity contribution in [2.24, 2.45) is 0 Å². The van der Waals surface area contributed by atoms with E-state index in [0.29, 0.717) is 40.5 Å². The molecule has 3 aromatic rings. The number of ether oxygens (including phenoxy) is 1. The molecular weight excluding hydrogens is 376 g/mol. The van der Waals surface area contributed by atoms with Crippen LogP contribution in [0.25, 0.3) is 0 Å². The van der Waals surface area contributed by atoms with Gasteiger partial charge in [0.2, 0.25) is 5.78 Å². The van der Waals surface area contributed by atoms with E-state index in [1.807, 2.05) is 5.38 Å². The van der Waals surface area contributed by atoms with E-state index in [1.54, 1.807) is 60.7 Å². The van der Waals surface area contributed by atoms with Crippen molar-refractivity contribution in [1.82, 2.24) is 0 Å². The number of thiophene rings is 1. The SMILES string of the molecule is O=C(Nc1cccc(N2CCOC2=O)c1)c1ccccc1C(=O)c1cccs1. The molecule has 0 atom stereocenters. The third kappa shape index (κ3) is 3.52. The summed E-state index contributed by atoms with van der Waals surface area (Å²) in [5.74, 6) is -0.573. The third-order valence-electron chi connectivity index (χ3n) is 4.34. The van der Waals surface area contributed by atoms with Crippen LogP contribution in [-0.2, 0) is 4.74 Å². The van der Waals surface area contributed by atoms with Crippen molar-refractivity contribution in [3.05, 3.63) is 82.0 Å². The van der Waals surface area contributed by atoms with E-state index in [9.17, 15) is 14.4 Å². The number of carbonyl (C=O) groups is 3. The highest BCUT2D eigenvalue weighted by molar-refractivity contribution is 7.12. The van der Waals surface area contributed by atoms with Crippen molar-refractivity contribution >= 4 is 40.5 Å². The fourth-order valence-corrected chi connectivity index (χ4v) is 3.68. The van der Waals surface area contributed by atoms with Gasteiger partial charge in [0.25, 0.3) is 5.91 Å². The molecule has 2 heterocycles. The number of benzene rings is 2. The van der Waals surface area contributed by atoms with Gasteiger partial charge in [-0.2, -0.15) is 0 Å². The molecule has 0 bridgehead atoms. The van der Waals surface area contributed by atoms with Crippen LogP contribution in [-0.4, -0.2) is 30.9 Å². The van der Waals surface area contributed by atoms with Crippen molar-refractivity contribution in [2.45, 2.75) is 0 Å². The van der Waals surface area contributed by atoms with E-state index in [0.717, 1.165) is 0 Å². The second-order valence-electron chi connectivity index (χ2n) is 6.12. The molecular formula is C21H16N2O4S. The van der Waals surface area contributed by atoms with E-state index in [2.05, 4.69) is 5.32 Å². The summed E-state index contributed by atoms with van der Waals surface area (Å²) in [6.45, 7) is 0.808. The minimum atomic E-state index is -0.407. The smallest absolute Gasteiger partial charge is 0.414 e. The van der Waals surface area contributed by atoms with E-state index in [-0.39, 0.29) is 11.7 Å². The van der Waals surface area contributed by atoms with Crippen molar-refractivity contribution in [1.29, 1.82) is 0 Å². The summed E-state index contributed by atoms with van der Waals surface area (Å²) in [5, 5.41) is 4.64. The Kier molecular flexibility index (Phi) is 4.90. The molecule has 0 aliphatic carbocycles. The highest BCUT2D eigenvalue weighted by atomic mass is 32.1. The molecule has 7 heteroatoms. The normalized spacial score (nSPS) is 13.3. The van der Waals surface area contributed by atoms with Crippen LogP contribution in [0.4, 0.5) is 16.2 Å². The van der Waals surface area contributed by atoms with Gasteiger partial charge in [0.1, 0.15) is 6.61 Å². The lowest BCUT2D eigenvalue weighted by molar-refractivity contribution is 0.0998. The zero-order valence-electron chi connectivity index (χ0n) is 14.8. The second kappa shape index (κ2) is 7.66. The Morgan fingerprint density at radius 1 is 1.00 bits per heavy atom. The maximum absolute atomic E-state index is 12.8. The van der Waals surface area contributed by atoms with Crippen molar-refractivity contribution in [2.75, 3.05) is 23.4 Å². The number of anilines is 2. The van der Waals surface area contributed by atoms with Gasteiger partial charge in [-0.05, 0) is 35.7 Å². The first-order valence-corrected chi connectivity index (χ1v) is 9.54. The van der Waals surface area contributed by atoms with Crippen LogP contribution in [0.3, 0.4) is 0 Å². The fraction of sp³-hybridized carbons (Fsp3) is 0.0952. The Labute approximate surface area is 165 Å². The van der Waals surface area contributed by atoms with Crippen LogP contribution >= 0.6 is 11.3 Å². The molecule has 28 heavy (non-hydrogen) atoms. The van der Waals surface area contributed by atoms with Gasteiger partial charge >= 0.3 is 6.09 Å². The zero-order valence-corrected chi connectivity index (χ0v) is 15.6. The maximum atomic E-state index is 12.8. The van der Waals surface area contributed by atoms with Crippen LogP contribution in [0.5, 0.6) is 0 Å². The molecule has 1 aliphatic heterocycles. The number of ketones is 1. The standard InChI is InChI=1S/C21H16N2O4S/c24-19(18-9-4-12-28-18)16-7-1-2-8-17(16)20(25)22-14-5-3-6-15(13-14)23-10-11-27-21(23)26/h1-9,12-13H,10-11H2,(H,22,25). The Hall–Kier alpha value is -3.45. The van der Waals surface area contributed by atoms with Gasteiger partial charge in [-0.25, -0.2) is 4.79 Å². The molecule has 0 radical (unpaired) electrons. The second-order valence-corrected chi connectivity index (χ2v) is 7.07. The van der Waals surface area contributed by atoms with Crippen molar-refractivity contribution < 1.29 is 19.1 Å². The first kappa shape index (κ1) is 17.9. The molecule has 0 unspecified atom stereocenters. The summed E-state index contributed by atoms with van der Waals surface area (Å²) in [6.07, 6.45) is -0.407. The van der Waals surface area contributed by atoms with Crippen LogP contribution in [0.1, 0.15) is 25.6 Å².